The van der Waals surface area contributed by atoms with Crippen LogP contribution in [0.2, 0.25) is 0 Å². The fourth-order valence-corrected chi connectivity index (χ4v) is 1.63. The zero-order chi connectivity index (χ0) is 11.9. The molecular weight excluding hydrogens is 219 g/mol. The minimum Gasteiger partial charge on any atom is -0.341 e. The van der Waals surface area contributed by atoms with E-state index in [1.807, 2.05) is 0 Å². The van der Waals surface area contributed by atoms with Crippen LogP contribution in [0.3, 0.4) is 0 Å². The van der Waals surface area contributed by atoms with E-state index in [0.29, 0.717) is 16.9 Å². The average Bonchev–Trinajstić information content (AvgIpc) is 2.57. The Hall–Kier alpha value is -1.56. The Morgan fingerprint density at radius 2 is 2.06 bits per heavy atom. The lowest BCUT2D eigenvalue weighted by Gasteiger charge is -2.07. The number of aromatic nitrogens is 2. The largest absolute Gasteiger partial charge is 0.418 e. The van der Waals surface area contributed by atoms with Gasteiger partial charge in [0.15, 0.2) is 0 Å². The molecule has 0 spiro atoms. The Bertz CT molecular complexity index is 528. The van der Waals surface area contributed by atoms with Gasteiger partial charge >= 0.3 is 6.18 Å². The number of aromatic amines is 1. The van der Waals surface area contributed by atoms with Crippen LogP contribution >= 0.6 is 0 Å². The third-order valence-electron chi connectivity index (χ3n) is 2.28. The van der Waals surface area contributed by atoms with Gasteiger partial charge in [0.2, 0.25) is 0 Å². The molecule has 0 aliphatic carbocycles. The number of nitrogens with one attached hydrogen (secondary N) is 1. The normalized spacial score (nSPS) is 12.3. The smallest absolute Gasteiger partial charge is 0.341 e. The summed E-state index contributed by atoms with van der Waals surface area (Å²) in [6.07, 6.45) is -4.40. The van der Waals surface area contributed by atoms with E-state index in [1.165, 1.54) is 0 Å². The minimum absolute atomic E-state index is 0.0708. The third-order valence-corrected chi connectivity index (χ3v) is 2.28. The van der Waals surface area contributed by atoms with E-state index in [1.54, 1.807) is 13.0 Å². The van der Waals surface area contributed by atoms with Crippen LogP contribution in [-0.2, 0) is 12.7 Å². The second-order valence-corrected chi connectivity index (χ2v) is 3.59. The van der Waals surface area contributed by atoms with Crippen molar-refractivity contribution >= 4 is 11.0 Å². The number of aryl methyl sites for hydroxylation is 1. The lowest BCUT2D eigenvalue weighted by Crippen LogP contribution is -2.06. The van der Waals surface area contributed by atoms with Gasteiger partial charge in [0, 0.05) is 0 Å². The Labute approximate surface area is 89.5 Å². The van der Waals surface area contributed by atoms with Gasteiger partial charge in [-0.3, -0.25) is 0 Å². The third kappa shape index (κ3) is 1.76. The van der Waals surface area contributed by atoms with Gasteiger partial charge in [-0.15, -0.1) is 0 Å². The van der Waals surface area contributed by atoms with Crippen molar-refractivity contribution in [1.82, 2.24) is 9.97 Å². The molecule has 0 fully saturated rings. The van der Waals surface area contributed by atoms with Crippen molar-refractivity contribution in [1.29, 1.82) is 0 Å². The first-order valence-electron chi connectivity index (χ1n) is 4.68. The number of halogens is 3. The van der Waals surface area contributed by atoms with Crippen LogP contribution in [0.4, 0.5) is 13.2 Å². The molecule has 0 amide bonds. The monoisotopic (exact) mass is 229 g/mol. The SMILES string of the molecule is Cc1cc(C(F)(F)F)c2nc(CN)[nH]c2c1. The molecule has 16 heavy (non-hydrogen) atoms. The molecule has 1 aromatic carbocycles. The number of nitrogens with two attached hydrogens (primary N) is 1. The van der Waals surface area contributed by atoms with Gasteiger partial charge in [0.1, 0.15) is 11.3 Å². The van der Waals surface area contributed by atoms with Crippen molar-refractivity contribution in [2.45, 2.75) is 19.6 Å². The van der Waals surface area contributed by atoms with Crippen LogP contribution in [0.5, 0.6) is 0 Å². The summed E-state index contributed by atoms with van der Waals surface area (Å²) in [6, 6.07) is 2.71. The molecule has 0 radical (unpaired) electrons. The number of fused-ring (bicyclic) bond motifs is 1. The van der Waals surface area contributed by atoms with Crippen molar-refractivity contribution < 1.29 is 13.2 Å². The number of imidazole rings is 1. The standard InChI is InChI=1S/C10H10F3N3/c1-5-2-6(10(11,12)13)9-7(3-5)15-8(4-14)16-9/h2-3H,4,14H2,1H3,(H,15,16). The molecule has 0 aliphatic rings. The summed E-state index contributed by atoms with van der Waals surface area (Å²) in [6.45, 7) is 1.70. The lowest BCUT2D eigenvalue weighted by molar-refractivity contribution is -0.136. The van der Waals surface area contributed by atoms with Gasteiger partial charge in [-0.25, -0.2) is 4.98 Å². The zero-order valence-corrected chi connectivity index (χ0v) is 8.52. The maximum atomic E-state index is 12.7. The van der Waals surface area contributed by atoms with Crippen LogP contribution in [0, 0.1) is 6.92 Å². The Kier molecular flexibility index (Phi) is 2.38. The highest BCUT2D eigenvalue weighted by molar-refractivity contribution is 5.80. The summed E-state index contributed by atoms with van der Waals surface area (Å²) >= 11 is 0. The van der Waals surface area contributed by atoms with Gasteiger partial charge in [0.25, 0.3) is 0 Å². The zero-order valence-electron chi connectivity index (χ0n) is 8.52. The van der Waals surface area contributed by atoms with Crippen molar-refractivity contribution in [3.63, 3.8) is 0 Å². The number of alkyl halides is 3. The Morgan fingerprint density at radius 1 is 1.38 bits per heavy atom. The molecular formula is C10H10F3N3. The fourth-order valence-electron chi connectivity index (χ4n) is 1.63. The predicted molar refractivity (Wildman–Crippen MR) is 53.7 cm³/mol. The first kappa shape index (κ1) is 10.9. The summed E-state index contributed by atoms with van der Waals surface area (Å²) in [5, 5.41) is 0. The van der Waals surface area contributed by atoms with Crippen LogP contribution < -0.4 is 5.73 Å². The number of benzene rings is 1. The van der Waals surface area contributed by atoms with Crippen LogP contribution in [0.15, 0.2) is 12.1 Å². The molecule has 1 aromatic heterocycles. The highest BCUT2D eigenvalue weighted by Gasteiger charge is 2.34. The molecule has 3 nitrogen and oxygen atoms in total. The maximum Gasteiger partial charge on any atom is 0.418 e. The lowest BCUT2D eigenvalue weighted by atomic mass is 10.1. The van der Waals surface area contributed by atoms with Crippen LogP contribution in [0.25, 0.3) is 11.0 Å². The van der Waals surface area contributed by atoms with Crippen LogP contribution in [-0.4, -0.2) is 9.97 Å². The first-order valence-corrected chi connectivity index (χ1v) is 4.68. The molecule has 0 saturated heterocycles. The molecule has 2 rings (SSSR count). The van der Waals surface area contributed by atoms with Crippen molar-refractivity contribution in [3.8, 4) is 0 Å². The van der Waals surface area contributed by atoms with Gasteiger partial charge in [0.05, 0.1) is 17.6 Å². The van der Waals surface area contributed by atoms with E-state index in [-0.39, 0.29) is 12.1 Å². The summed E-state index contributed by atoms with van der Waals surface area (Å²) in [4.78, 5) is 6.60. The van der Waals surface area contributed by atoms with Crippen molar-refractivity contribution in [2.75, 3.05) is 0 Å². The topological polar surface area (TPSA) is 54.7 Å². The van der Waals surface area contributed by atoms with E-state index in [0.717, 1.165) is 6.07 Å². The Morgan fingerprint density at radius 3 is 2.62 bits per heavy atom. The molecule has 0 aliphatic heterocycles. The van der Waals surface area contributed by atoms with E-state index in [2.05, 4.69) is 9.97 Å². The van der Waals surface area contributed by atoms with Gasteiger partial charge in [-0.1, -0.05) is 0 Å². The number of hydrogen-bond acceptors (Lipinski definition) is 2. The fraction of sp³-hybridized carbons (Fsp3) is 0.300. The molecule has 2 aromatic rings. The quantitative estimate of drug-likeness (QED) is 0.788. The van der Waals surface area contributed by atoms with E-state index < -0.39 is 11.7 Å². The number of nitrogens with zero attached hydrogens (tertiary/aromatic N) is 1. The van der Waals surface area contributed by atoms with Crippen molar-refractivity contribution in [3.05, 3.63) is 29.1 Å². The Balaban J connectivity index is 2.76. The van der Waals surface area contributed by atoms with Gasteiger partial charge < -0.3 is 10.7 Å². The molecule has 0 bridgehead atoms. The molecule has 6 heteroatoms. The summed E-state index contributed by atoms with van der Waals surface area (Å²) in [5.74, 6) is 0.353. The summed E-state index contributed by atoms with van der Waals surface area (Å²) in [5.41, 5.74) is 5.44. The molecule has 0 saturated carbocycles. The van der Waals surface area contributed by atoms with E-state index >= 15 is 0 Å². The summed E-state index contributed by atoms with van der Waals surface area (Å²) < 4.78 is 38.2. The van der Waals surface area contributed by atoms with Crippen molar-refractivity contribution in [2.24, 2.45) is 5.73 Å². The van der Waals surface area contributed by atoms with E-state index in [4.69, 9.17) is 5.73 Å². The highest BCUT2D eigenvalue weighted by atomic mass is 19.4. The number of hydrogen-bond donors (Lipinski definition) is 2. The average molecular weight is 229 g/mol. The molecule has 1 heterocycles. The first-order chi connectivity index (χ1) is 7.41. The summed E-state index contributed by atoms with van der Waals surface area (Å²) in [7, 11) is 0. The molecule has 86 valence electrons. The second-order valence-electron chi connectivity index (χ2n) is 3.59. The van der Waals surface area contributed by atoms with Crippen LogP contribution in [0.1, 0.15) is 17.0 Å². The predicted octanol–water partition coefficient (Wildman–Crippen LogP) is 2.35. The number of H-pyrrole nitrogens is 1. The maximum absolute atomic E-state index is 12.7. The molecule has 0 unspecified atom stereocenters. The minimum atomic E-state index is -4.40. The highest BCUT2D eigenvalue weighted by Crippen LogP contribution is 2.34. The van der Waals surface area contributed by atoms with Gasteiger partial charge in [-0.2, -0.15) is 13.2 Å². The second kappa shape index (κ2) is 3.48. The number of rotatable bonds is 1. The molecule has 0 atom stereocenters. The van der Waals surface area contributed by atoms with E-state index in [9.17, 15) is 13.2 Å². The van der Waals surface area contributed by atoms with Gasteiger partial charge in [-0.05, 0) is 24.6 Å². The molecule has 3 N–H and O–H groups in total.